The molecule has 5 nitrogen and oxygen atoms in total. The molecule has 5 heteroatoms. The number of benzene rings is 1. The zero-order valence-electron chi connectivity index (χ0n) is 15.7. The minimum Gasteiger partial charge on any atom is -0.497 e. The Morgan fingerprint density at radius 2 is 2.04 bits per heavy atom. The first-order valence-corrected chi connectivity index (χ1v) is 9.18. The van der Waals surface area contributed by atoms with Gasteiger partial charge in [0, 0.05) is 30.9 Å². The van der Waals surface area contributed by atoms with Crippen LogP contribution in [0.5, 0.6) is 5.75 Å². The van der Waals surface area contributed by atoms with E-state index in [4.69, 9.17) is 9.72 Å². The van der Waals surface area contributed by atoms with E-state index in [9.17, 15) is 0 Å². The van der Waals surface area contributed by atoms with Crippen molar-refractivity contribution in [2.75, 3.05) is 23.9 Å². The molecule has 0 saturated heterocycles. The van der Waals surface area contributed by atoms with Gasteiger partial charge in [-0.05, 0) is 49.4 Å². The van der Waals surface area contributed by atoms with Gasteiger partial charge in [0.15, 0.2) is 0 Å². The molecule has 134 valence electrons. The van der Waals surface area contributed by atoms with Gasteiger partial charge in [-0.2, -0.15) is 4.98 Å². The van der Waals surface area contributed by atoms with E-state index in [1.807, 2.05) is 6.07 Å². The van der Waals surface area contributed by atoms with Crippen molar-refractivity contribution >= 4 is 11.8 Å². The molecule has 0 spiro atoms. The van der Waals surface area contributed by atoms with Crippen LogP contribution in [0.1, 0.15) is 44.0 Å². The third-order valence-corrected chi connectivity index (χ3v) is 4.87. The molecule has 1 aromatic carbocycles. The van der Waals surface area contributed by atoms with Crippen LogP contribution in [-0.2, 0) is 19.4 Å². The number of nitrogens with one attached hydrogen (secondary N) is 1. The highest BCUT2D eigenvalue weighted by atomic mass is 16.5. The Morgan fingerprint density at radius 1 is 1.20 bits per heavy atom. The van der Waals surface area contributed by atoms with Gasteiger partial charge in [-0.1, -0.05) is 19.9 Å². The monoisotopic (exact) mass is 340 g/mol. The van der Waals surface area contributed by atoms with Crippen LogP contribution in [0.25, 0.3) is 0 Å². The number of aromatic nitrogens is 2. The predicted molar refractivity (Wildman–Crippen MR) is 103 cm³/mol. The average molecular weight is 340 g/mol. The first kappa shape index (κ1) is 17.5. The van der Waals surface area contributed by atoms with Crippen LogP contribution in [0.15, 0.2) is 24.3 Å². The molecule has 3 rings (SSSR count). The first-order valence-electron chi connectivity index (χ1n) is 9.18. The van der Waals surface area contributed by atoms with Crippen molar-refractivity contribution in [2.45, 2.75) is 52.6 Å². The molecule has 1 aliphatic rings. The number of methoxy groups -OCH3 is 1. The minimum atomic E-state index is 0.370. The van der Waals surface area contributed by atoms with Crippen LogP contribution in [-0.4, -0.2) is 29.7 Å². The predicted octanol–water partition coefficient (Wildman–Crippen LogP) is 3.82. The Kier molecular flexibility index (Phi) is 5.41. The van der Waals surface area contributed by atoms with Gasteiger partial charge in [-0.3, -0.25) is 0 Å². The lowest BCUT2D eigenvalue weighted by Crippen LogP contribution is -2.31. The van der Waals surface area contributed by atoms with Crippen molar-refractivity contribution in [3.8, 4) is 5.75 Å². The standard InChI is InChI=1S/C20H28N4O/c1-5-14(3)21-20-22-17(6-2)12-19(23-20)24-10-9-15-11-18(25-4)8-7-16(15)13-24/h7-8,11-12,14H,5-6,9-10,13H2,1-4H3,(H,21,22,23)/t14-/m0/s1. The lowest BCUT2D eigenvalue weighted by molar-refractivity contribution is 0.413. The topological polar surface area (TPSA) is 50.3 Å². The second-order valence-corrected chi connectivity index (χ2v) is 6.65. The van der Waals surface area contributed by atoms with E-state index in [0.717, 1.165) is 55.6 Å². The van der Waals surface area contributed by atoms with Crippen molar-refractivity contribution in [1.82, 2.24) is 9.97 Å². The number of hydrogen-bond acceptors (Lipinski definition) is 5. The van der Waals surface area contributed by atoms with Gasteiger partial charge in [-0.15, -0.1) is 0 Å². The van der Waals surface area contributed by atoms with Gasteiger partial charge in [0.2, 0.25) is 5.95 Å². The second kappa shape index (κ2) is 7.72. The zero-order chi connectivity index (χ0) is 17.8. The second-order valence-electron chi connectivity index (χ2n) is 6.65. The number of rotatable bonds is 6. The maximum Gasteiger partial charge on any atom is 0.225 e. The molecule has 0 radical (unpaired) electrons. The number of anilines is 2. The molecule has 0 aliphatic carbocycles. The fourth-order valence-corrected chi connectivity index (χ4v) is 3.07. The summed E-state index contributed by atoms with van der Waals surface area (Å²) in [5, 5.41) is 3.41. The molecule has 0 unspecified atom stereocenters. The van der Waals surface area contributed by atoms with Gasteiger partial charge >= 0.3 is 0 Å². The maximum absolute atomic E-state index is 5.34. The van der Waals surface area contributed by atoms with Crippen LogP contribution in [0.2, 0.25) is 0 Å². The zero-order valence-corrected chi connectivity index (χ0v) is 15.7. The summed E-state index contributed by atoms with van der Waals surface area (Å²) in [6.45, 7) is 8.30. The molecule has 2 aromatic rings. The van der Waals surface area contributed by atoms with Crippen molar-refractivity contribution in [1.29, 1.82) is 0 Å². The highest BCUT2D eigenvalue weighted by molar-refractivity contribution is 5.49. The summed E-state index contributed by atoms with van der Waals surface area (Å²) in [5.74, 6) is 2.69. The van der Waals surface area contributed by atoms with Gasteiger partial charge in [0.1, 0.15) is 11.6 Å². The van der Waals surface area contributed by atoms with E-state index in [1.165, 1.54) is 11.1 Å². The van der Waals surface area contributed by atoms with Crippen LogP contribution in [0, 0.1) is 0 Å². The Balaban J connectivity index is 1.84. The molecular formula is C20H28N4O. The number of fused-ring (bicyclic) bond motifs is 1. The lowest BCUT2D eigenvalue weighted by Gasteiger charge is -2.30. The highest BCUT2D eigenvalue weighted by Crippen LogP contribution is 2.27. The summed E-state index contributed by atoms with van der Waals surface area (Å²) in [6.07, 6.45) is 2.96. The molecule has 1 aromatic heterocycles. The molecule has 1 atom stereocenters. The van der Waals surface area contributed by atoms with Crippen LogP contribution >= 0.6 is 0 Å². The normalized spacial score (nSPS) is 14.8. The average Bonchev–Trinajstić information content (AvgIpc) is 2.66. The Labute approximate surface area is 150 Å². The Morgan fingerprint density at radius 3 is 2.76 bits per heavy atom. The molecule has 0 fully saturated rings. The van der Waals surface area contributed by atoms with E-state index in [1.54, 1.807) is 7.11 Å². The van der Waals surface area contributed by atoms with Gasteiger partial charge in [0.25, 0.3) is 0 Å². The molecule has 0 amide bonds. The number of ether oxygens (including phenoxy) is 1. The largest absolute Gasteiger partial charge is 0.497 e. The quantitative estimate of drug-likeness (QED) is 0.866. The van der Waals surface area contributed by atoms with E-state index >= 15 is 0 Å². The lowest BCUT2D eigenvalue weighted by atomic mass is 9.99. The summed E-state index contributed by atoms with van der Waals surface area (Å²) in [7, 11) is 1.72. The van der Waals surface area contributed by atoms with E-state index in [0.29, 0.717) is 6.04 Å². The van der Waals surface area contributed by atoms with Crippen LogP contribution < -0.4 is 15.0 Å². The van der Waals surface area contributed by atoms with Crippen molar-refractivity contribution in [3.63, 3.8) is 0 Å². The fraction of sp³-hybridized carbons (Fsp3) is 0.500. The Bertz CT molecular complexity index is 732. The SMILES string of the molecule is CCc1cc(N2CCc3cc(OC)ccc3C2)nc(N[C@@H](C)CC)n1. The van der Waals surface area contributed by atoms with Crippen LogP contribution in [0.3, 0.4) is 0 Å². The summed E-state index contributed by atoms with van der Waals surface area (Å²) in [6, 6.07) is 8.85. The smallest absolute Gasteiger partial charge is 0.225 e. The Hall–Kier alpha value is -2.30. The third-order valence-electron chi connectivity index (χ3n) is 4.87. The fourth-order valence-electron chi connectivity index (χ4n) is 3.07. The first-order chi connectivity index (χ1) is 12.1. The van der Waals surface area contributed by atoms with E-state index < -0.39 is 0 Å². The van der Waals surface area contributed by atoms with Crippen LogP contribution in [0.4, 0.5) is 11.8 Å². The van der Waals surface area contributed by atoms with Gasteiger partial charge in [0.05, 0.1) is 7.11 Å². The summed E-state index contributed by atoms with van der Waals surface area (Å²) >= 11 is 0. The summed E-state index contributed by atoms with van der Waals surface area (Å²) in [5.41, 5.74) is 3.80. The highest BCUT2D eigenvalue weighted by Gasteiger charge is 2.19. The van der Waals surface area contributed by atoms with Crippen molar-refractivity contribution in [3.05, 3.63) is 41.1 Å². The maximum atomic E-state index is 5.34. The van der Waals surface area contributed by atoms with Crippen molar-refractivity contribution in [2.24, 2.45) is 0 Å². The number of hydrogen-bond donors (Lipinski definition) is 1. The molecular weight excluding hydrogens is 312 g/mol. The number of nitrogens with zero attached hydrogens (tertiary/aromatic N) is 3. The molecule has 25 heavy (non-hydrogen) atoms. The van der Waals surface area contributed by atoms with E-state index in [2.05, 4.69) is 54.2 Å². The van der Waals surface area contributed by atoms with E-state index in [-0.39, 0.29) is 0 Å². The molecule has 1 N–H and O–H groups in total. The van der Waals surface area contributed by atoms with Crippen molar-refractivity contribution < 1.29 is 4.74 Å². The minimum absolute atomic E-state index is 0.370. The third kappa shape index (κ3) is 4.03. The molecule has 1 aliphatic heterocycles. The summed E-state index contributed by atoms with van der Waals surface area (Å²) < 4.78 is 5.34. The number of aryl methyl sites for hydroxylation is 1. The molecule has 0 saturated carbocycles. The molecule has 2 heterocycles. The molecule has 0 bridgehead atoms. The summed E-state index contributed by atoms with van der Waals surface area (Å²) in [4.78, 5) is 11.8. The van der Waals surface area contributed by atoms with Gasteiger partial charge in [-0.25, -0.2) is 4.98 Å². The van der Waals surface area contributed by atoms with Gasteiger partial charge < -0.3 is 15.0 Å².